The van der Waals surface area contributed by atoms with E-state index in [4.69, 9.17) is 23.2 Å². The molecule has 2 aromatic carbocycles. The Kier molecular flexibility index (Phi) is 6.30. The first-order valence-electron chi connectivity index (χ1n) is 10.1. The maximum atomic E-state index is 13.7. The number of imide groups is 1. The molecule has 0 aliphatic carbocycles. The summed E-state index contributed by atoms with van der Waals surface area (Å²) in [5.41, 5.74) is 0.146. The molecule has 7 nitrogen and oxygen atoms in total. The molecule has 2 aliphatic rings. The predicted molar refractivity (Wildman–Crippen MR) is 115 cm³/mol. The van der Waals surface area contributed by atoms with Crippen LogP contribution in [0.5, 0.6) is 0 Å². The number of nitrogens with zero attached hydrogens (tertiary/aromatic N) is 1. The second kappa shape index (κ2) is 8.92. The van der Waals surface area contributed by atoms with Crippen LogP contribution in [0.3, 0.4) is 0 Å². The third kappa shape index (κ3) is 4.60. The van der Waals surface area contributed by atoms with Gasteiger partial charge >= 0.3 is 6.18 Å². The van der Waals surface area contributed by atoms with Crippen LogP contribution in [0, 0.1) is 0 Å². The highest BCUT2D eigenvalue weighted by molar-refractivity contribution is 6.35. The SMILES string of the molecule is O=C1CCC(N2Cc3cc(C(=O)N[C@H](c4ccc(Cl)cc4Cl)C(F)(F)F)ccc3C2=O)C(=O)N1. The third-order valence-corrected chi connectivity index (χ3v) is 6.22. The Labute approximate surface area is 201 Å². The first-order valence-corrected chi connectivity index (χ1v) is 10.8. The summed E-state index contributed by atoms with van der Waals surface area (Å²) in [5.74, 6) is -2.51. The van der Waals surface area contributed by atoms with Gasteiger partial charge in [0.25, 0.3) is 11.8 Å². The van der Waals surface area contributed by atoms with E-state index in [1.807, 2.05) is 5.32 Å². The average Bonchev–Trinajstić information content (AvgIpc) is 3.07. The third-order valence-electron chi connectivity index (χ3n) is 5.66. The van der Waals surface area contributed by atoms with Crippen molar-refractivity contribution in [1.82, 2.24) is 15.5 Å². The number of piperidine rings is 1. The second-order valence-corrected chi connectivity index (χ2v) is 8.73. The number of hydrogen-bond donors (Lipinski definition) is 2. The second-order valence-electron chi connectivity index (χ2n) is 7.89. The summed E-state index contributed by atoms with van der Waals surface area (Å²) in [6, 6.07) is 4.10. The van der Waals surface area contributed by atoms with E-state index in [0.29, 0.717) is 5.56 Å². The molecule has 2 aliphatic heterocycles. The number of hydrogen-bond acceptors (Lipinski definition) is 4. The van der Waals surface area contributed by atoms with Gasteiger partial charge in [-0.05, 0) is 42.3 Å². The molecule has 2 aromatic rings. The van der Waals surface area contributed by atoms with Gasteiger partial charge in [0.05, 0.1) is 0 Å². The molecule has 12 heteroatoms. The van der Waals surface area contributed by atoms with Crippen molar-refractivity contribution in [2.45, 2.75) is 37.6 Å². The number of alkyl halides is 3. The molecule has 1 saturated heterocycles. The number of carbonyl (C=O) groups is 4. The lowest BCUT2D eigenvalue weighted by atomic mass is 10.0. The Morgan fingerprint density at radius 1 is 1.12 bits per heavy atom. The fourth-order valence-electron chi connectivity index (χ4n) is 4.00. The fourth-order valence-corrected chi connectivity index (χ4v) is 4.52. The summed E-state index contributed by atoms with van der Waals surface area (Å²) < 4.78 is 41.2. The molecule has 2 heterocycles. The van der Waals surface area contributed by atoms with Crippen molar-refractivity contribution in [3.05, 3.63) is 68.7 Å². The minimum absolute atomic E-state index is 0.0206. The summed E-state index contributed by atoms with van der Waals surface area (Å²) in [6.45, 7) is -0.0206. The van der Waals surface area contributed by atoms with Crippen molar-refractivity contribution in [1.29, 1.82) is 0 Å². The van der Waals surface area contributed by atoms with E-state index in [1.165, 1.54) is 29.2 Å². The summed E-state index contributed by atoms with van der Waals surface area (Å²) >= 11 is 11.7. The van der Waals surface area contributed by atoms with Gasteiger partial charge in [-0.3, -0.25) is 24.5 Å². The van der Waals surface area contributed by atoms with Crippen LogP contribution in [0.15, 0.2) is 36.4 Å². The van der Waals surface area contributed by atoms with Crippen LogP contribution in [0.4, 0.5) is 13.2 Å². The Hall–Kier alpha value is -3.11. The number of fused-ring (bicyclic) bond motifs is 1. The van der Waals surface area contributed by atoms with Gasteiger partial charge in [0.1, 0.15) is 6.04 Å². The zero-order valence-electron chi connectivity index (χ0n) is 17.2. The van der Waals surface area contributed by atoms with Crippen molar-refractivity contribution in [2.24, 2.45) is 0 Å². The number of halogens is 5. The number of benzene rings is 2. The molecule has 4 rings (SSSR count). The Morgan fingerprint density at radius 3 is 2.50 bits per heavy atom. The normalized spacial score (nSPS) is 19.0. The summed E-state index contributed by atoms with van der Waals surface area (Å²) in [6.07, 6.45) is -4.61. The van der Waals surface area contributed by atoms with E-state index in [1.54, 1.807) is 0 Å². The molecule has 34 heavy (non-hydrogen) atoms. The van der Waals surface area contributed by atoms with E-state index in [0.717, 1.165) is 12.1 Å². The van der Waals surface area contributed by atoms with Crippen LogP contribution in [0.25, 0.3) is 0 Å². The summed E-state index contributed by atoms with van der Waals surface area (Å²) in [4.78, 5) is 50.3. The molecule has 2 N–H and O–H groups in total. The first kappa shape index (κ1) is 24.0. The minimum Gasteiger partial charge on any atom is -0.337 e. The van der Waals surface area contributed by atoms with Gasteiger partial charge in [-0.25, -0.2) is 0 Å². The van der Waals surface area contributed by atoms with Crippen LogP contribution in [0.2, 0.25) is 10.0 Å². The lowest BCUT2D eigenvalue weighted by Gasteiger charge is -2.29. The summed E-state index contributed by atoms with van der Waals surface area (Å²) in [7, 11) is 0. The molecular weight excluding hydrogens is 498 g/mol. The molecule has 178 valence electrons. The van der Waals surface area contributed by atoms with Crippen LogP contribution in [-0.4, -0.2) is 40.7 Å². The highest BCUT2D eigenvalue weighted by atomic mass is 35.5. The maximum Gasteiger partial charge on any atom is 0.412 e. The standard InChI is InChI=1S/C22H16Cl2F3N3O4/c23-12-2-4-14(15(24)8-12)18(22(25,26)27)29-19(32)10-1-3-13-11(7-10)9-30(21(13)34)16-5-6-17(31)28-20(16)33/h1-4,7-8,16,18H,5-6,9H2,(H,29,32)(H,28,31,33)/t16?,18-/m1/s1. The van der Waals surface area contributed by atoms with E-state index in [9.17, 15) is 32.3 Å². The number of rotatable bonds is 4. The molecule has 0 spiro atoms. The van der Waals surface area contributed by atoms with Gasteiger partial charge in [-0.2, -0.15) is 13.2 Å². The first-order chi connectivity index (χ1) is 16.0. The van der Waals surface area contributed by atoms with Crippen molar-refractivity contribution in [2.75, 3.05) is 0 Å². The van der Waals surface area contributed by atoms with Crippen LogP contribution in [0.1, 0.15) is 50.7 Å². The number of amides is 4. The van der Waals surface area contributed by atoms with Gasteiger partial charge in [0, 0.05) is 39.7 Å². The molecule has 0 saturated carbocycles. The smallest absolute Gasteiger partial charge is 0.337 e. The average molecular weight is 514 g/mol. The topological polar surface area (TPSA) is 95.6 Å². The highest BCUT2D eigenvalue weighted by Crippen LogP contribution is 2.37. The quantitative estimate of drug-likeness (QED) is 0.608. The van der Waals surface area contributed by atoms with Crippen molar-refractivity contribution < 1.29 is 32.3 Å². The van der Waals surface area contributed by atoms with Gasteiger partial charge in [0.15, 0.2) is 6.04 Å². The highest BCUT2D eigenvalue weighted by Gasteiger charge is 2.43. The van der Waals surface area contributed by atoms with E-state index in [2.05, 4.69) is 5.32 Å². The van der Waals surface area contributed by atoms with E-state index >= 15 is 0 Å². The van der Waals surface area contributed by atoms with Gasteiger partial charge in [0.2, 0.25) is 11.8 Å². The van der Waals surface area contributed by atoms with Crippen LogP contribution < -0.4 is 10.6 Å². The maximum absolute atomic E-state index is 13.7. The fraction of sp³-hybridized carbons (Fsp3) is 0.273. The Morgan fingerprint density at radius 2 is 1.85 bits per heavy atom. The van der Waals surface area contributed by atoms with E-state index in [-0.39, 0.29) is 46.1 Å². The van der Waals surface area contributed by atoms with Crippen molar-refractivity contribution in [3.8, 4) is 0 Å². The lowest BCUT2D eigenvalue weighted by Crippen LogP contribution is -2.52. The molecule has 2 atom stereocenters. The van der Waals surface area contributed by atoms with Crippen LogP contribution >= 0.6 is 23.2 Å². The largest absolute Gasteiger partial charge is 0.412 e. The number of carbonyl (C=O) groups excluding carboxylic acids is 4. The Balaban J connectivity index is 1.56. The summed E-state index contributed by atoms with van der Waals surface area (Å²) in [5, 5.41) is 4.02. The molecular formula is C22H16Cl2F3N3O4. The molecule has 0 radical (unpaired) electrons. The minimum atomic E-state index is -4.84. The van der Waals surface area contributed by atoms with Crippen molar-refractivity contribution >= 4 is 46.8 Å². The lowest BCUT2D eigenvalue weighted by molar-refractivity contribution is -0.155. The van der Waals surface area contributed by atoms with Gasteiger partial charge in [-0.15, -0.1) is 0 Å². The van der Waals surface area contributed by atoms with Gasteiger partial charge < -0.3 is 10.2 Å². The zero-order chi connectivity index (χ0) is 24.8. The monoisotopic (exact) mass is 513 g/mol. The Bertz CT molecular complexity index is 1220. The zero-order valence-corrected chi connectivity index (χ0v) is 18.7. The molecule has 4 amide bonds. The molecule has 1 fully saturated rings. The molecule has 1 unspecified atom stereocenters. The van der Waals surface area contributed by atoms with Crippen molar-refractivity contribution in [3.63, 3.8) is 0 Å². The van der Waals surface area contributed by atoms with Gasteiger partial charge in [-0.1, -0.05) is 29.3 Å². The number of nitrogens with one attached hydrogen (secondary N) is 2. The van der Waals surface area contributed by atoms with Crippen LogP contribution in [-0.2, 0) is 16.1 Å². The molecule has 0 aromatic heterocycles. The van der Waals surface area contributed by atoms with E-state index < -0.39 is 41.9 Å². The molecule has 0 bridgehead atoms. The predicted octanol–water partition coefficient (Wildman–Crippen LogP) is 3.79.